The molecule has 4 aliphatic rings. The number of esters is 1. The lowest BCUT2D eigenvalue weighted by Gasteiger charge is -2.62. The van der Waals surface area contributed by atoms with Crippen LogP contribution in [0.5, 0.6) is 0 Å². The lowest BCUT2D eigenvalue weighted by Crippen LogP contribution is -2.63. The van der Waals surface area contributed by atoms with Gasteiger partial charge in [0, 0.05) is 24.7 Å². The zero-order chi connectivity index (χ0) is 25.1. The fourth-order valence-corrected chi connectivity index (χ4v) is 8.53. The highest BCUT2D eigenvalue weighted by molar-refractivity contribution is 5.66. The van der Waals surface area contributed by atoms with E-state index in [1.54, 1.807) is 0 Å². The van der Waals surface area contributed by atoms with Gasteiger partial charge in [-0.05, 0) is 73.5 Å². The standard InChI is InChI=1S/C30H48O4/c1-18(2)19(3)8-9-20(4)24-10-11-25-23-13-15-30(33)16-22(34-21(5)31)12-14-29(30,7)27(23)26(32)17-28(24,25)6/h8-9,13,18-20,22,24-27,32-33H,10-12,14-17H2,1-7H3/b9-8+/t19-,20+,22+,24+,25-,26-,27+,28-,29+,30+/m0/s1. The molecule has 0 aromatic heterocycles. The molecule has 0 aromatic carbocycles. The second-order valence-corrected chi connectivity index (χ2v) is 13.2. The summed E-state index contributed by atoms with van der Waals surface area (Å²) in [7, 11) is 0. The maximum absolute atomic E-state index is 11.8. The van der Waals surface area contributed by atoms with Gasteiger partial charge in [0.15, 0.2) is 0 Å². The summed E-state index contributed by atoms with van der Waals surface area (Å²) in [6.45, 7) is 15.3. The monoisotopic (exact) mass is 472 g/mol. The highest BCUT2D eigenvalue weighted by Crippen LogP contribution is 2.67. The lowest BCUT2D eigenvalue weighted by molar-refractivity contribution is -0.197. The molecule has 2 N–H and O–H groups in total. The van der Waals surface area contributed by atoms with Crippen LogP contribution in [0, 0.1) is 46.3 Å². The quantitative estimate of drug-likeness (QED) is 0.377. The Kier molecular flexibility index (Phi) is 6.92. The normalized spacial score (nSPS) is 45.8. The summed E-state index contributed by atoms with van der Waals surface area (Å²) in [5, 5.41) is 23.5. The summed E-state index contributed by atoms with van der Waals surface area (Å²) in [6, 6.07) is 0. The number of carbonyl (C=O) groups excluding carboxylic acids is 1. The Balaban J connectivity index is 1.59. The van der Waals surface area contributed by atoms with Crippen molar-refractivity contribution in [3.05, 3.63) is 23.8 Å². The van der Waals surface area contributed by atoms with Gasteiger partial charge in [0.1, 0.15) is 6.10 Å². The summed E-state index contributed by atoms with van der Waals surface area (Å²) in [4.78, 5) is 11.5. The molecule has 3 saturated carbocycles. The van der Waals surface area contributed by atoms with Crippen molar-refractivity contribution in [1.82, 2.24) is 0 Å². The second kappa shape index (κ2) is 9.07. The second-order valence-electron chi connectivity index (χ2n) is 13.2. The number of fused-ring (bicyclic) bond motifs is 5. The molecule has 4 rings (SSSR count). The van der Waals surface area contributed by atoms with Gasteiger partial charge in [-0.3, -0.25) is 4.79 Å². The SMILES string of the molecule is CC(=O)O[C@@H]1CC[C@]2(C)[C@@H]3C(=CC[C@@]2(O)C1)[C@@H]1CC[C@H]([C@H](C)/C=C/[C@H](C)C(C)C)[C@]1(C)C[C@@H]3O. The third-order valence-corrected chi connectivity index (χ3v) is 10.9. The Hall–Kier alpha value is -1.13. The summed E-state index contributed by atoms with van der Waals surface area (Å²) in [6.07, 6.45) is 12.2. The molecule has 10 atom stereocenters. The minimum atomic E-state index is -0.935. The molecule has 0 aliphatic heterocycles. The first kappa shape index (κ1) is 25.9. The summed E-state index contributed by atoms with van der Waals surface area (Å²) < 4.78 is 5.50. The van der Waals surface area contributed by atoms with Crippen molar-refractivity contribution in [2.24, 2.45) is 46.3 Å². The molecule has 192 valence electrons. The molecular weight excluding hydrogens is 424 g/mol. The minimum Gasteiger partial charge on any atom is -0.462 e. The first-order valence-electron chi connectivity index (χ1n) is 13.8. The highest BCUT2D eigenvalue weighted by Gasteiger charge is 2.65. The van der Waals surface area contributed by atoms with Crippen LogP contribution < -0.4 is 0 Å². The van der Waals surface area contributed by atoms with Crippen LogP contribution in [0.2, 0.25) is 0 Å². The number of hydrogen-bond acceptors (Lipinski definition) is 4. The molecule has 0 aromatic rings. The Bertz CT molecular complexity index is 845. The Morgan fingerprint density at radius 2 is 1.82 bits per heavy atom. The summed E-state index contributed by atoms with van der Waals surface area (Å²) in [5.74, 6) is 2.49. The molecular formula is C30H48O4. The van der Waals surface area contributed by atoms with Crippen LogP contribution in [-0.2, 0) is 9.53 Å². The fraction of sp³-hybridized carbons (Fsp3) is 0.833. The van der Waals surface area contributed by atoms with Crippen LogP contribution in [0.4, 0.5) is 0 Å². The van der Waals surface area contributed by atoms with Gasteiger partial charge in [0.05, 0.1) is 11.7 Å². The third kappa shape index (κ3) is 4.11. The number of hydrogen-bond donors (Lipinski definition) is 2. The minimum absolute atomic E-state index is 0.00633. The number of aliphatic hydroxyl groups is 2. The van der Waals surface area contributed by atoms with E-state index in [4.69, 9.17) is 4.74 Å². The number of ether oxygens (including phenoxy) is 1. The van der Waals surface area contributed by atoms with E-state index in [0.29, 0.717) is 42.4 Å². The van der Waals surface area contributed by atoms with Crippen molar-refractivity contribution < 1.29 is 19.7 Å². The predicted molar refractivity (Wildman–Crippen MR) is 136 cm³/mol. The zero-order valence-corrected chi connectivity index (χ0v) is 22.5. The molecule has 0 saturated heterocycles. The van der Waals surface area contributed by atoms with Gasteiger partial charge >= 0.3 is 5.97 Å². The van der Waals surface area contributed by atoms with Crippen LogP contribution in [0.15, 0.2) is 23.8 Å². The van der Waals surface area contributed by atoms with E-state index >= 15 is 0 Å². The Morgan fingerprint density at radius 3 is 2.47 bits per heavy atom. The van der Waals surface area contributed by atoms with Crippen molar-refractivity contribution in [3.8, 4) is 0 Å². The molecule has 34 heavy (non-hydrogen) atoms. The molecule has 3 fully saturated rings. The first-order valence-corrected chi connectivity index (χ1v) is 13.8. The maximum atomic E-state index is 11.8. The van der Waals surface area contributed by atoms with Crippen molar-refractivity contribution in [2.45, 2.75) is 111 Å². The molecule has 0 heterocycles. The number of aliphatic hydroxyl groups excluding tert-OH is 1. The Morgan fingerprint density at radius 1 is 1.12 bits per heavy atom. The van der Waals surface area contributed by atoms with Crippen LogP contribution in [0.3, 0.4) is 0 Å². The van der Waals surface area contributed by atoms with Gasteiger partial charge in [0.2, 0.25) is 0 Å². The van der Waals surface area contributed by atoms with Gasteiger partial charge in [-0.25, -0.2) is 0 Å². The fourth-order valence-electron chi connectivity index (χ4n) is 8.53. The smallest absolute Gasteiger partial charge is 0.302 e. The largest absolute Gasteiger partial charge is 0.462 e. The highest BCUT2D eigenvalue weighted by atomic mass is 16.5. The first-order chi connectivity index (χ1) is 15.8. The van der Waals surface area contributed by atoms with Crippen LogP contribution >= 0.6 is 0 Å². The van der Waals surface area contributed by atoms with Crippen LogP contribution in [-0.4, -0.2) is 34.0 Å². The van der Waals surface area contributed by atoms with E-state index in [2.05, 4.69) is 59.8 Å². The van der Waals surface area contributed by atoms with Crippen LogP contribution in [0.25, 0.3) is 0 Å². The van der Waals surface area contributed by atoms with Crippen LogP contribution in [0.1, 0.15) is 93.4 Å². The molecule has 4 nitrogen and oxygen atoms in total. The average molecular weight is 473 g/mol. The predicted octanol–water partition coefficient (Wildman–Crippen LogP) is 6.07. The number of carbonyl (C=O) groups is 1. The van der Waals surface area contributed by atoms with E-state index in [-0.39, 0.29) is 28.8 Å². The van der Waals surface area contributed by atoms with Gasteiger partial charge < -0.3 is 14.9 Å². The number of allylic oxidation sites excluding steroid dienone is 2. The van der Waals surface area contributed by atoms with Crippen molar-refractivity contribution in [1.29, 1.82) is 0 Å². The van der Waals surface area contributed by atoms with E-state index in [1.807, 2.05) is 0 Å². The molecule has 0 bridgehead atoms. The van der Waals surface area contributed by atoms with Gasteiger partial charge in [-0.1, -0.05) is 65.3 Å². The van der Waals surface area contributed by atoms with Gasteiger partial charge in [-0.2, -0.15) is 0 Å². The van der Waals surface area contributed by atoms with Crippen molar-refractivity contribution >= 4 is 5.97 Å². The van der Waals surface area contributed by atoms with Gasteiger partial charge in [0.25, 0.3) is 0 Å². The zero-order valence-electron chi connectivity index (χ0n) is 22.5. The van der Waals surface area contributed by atoms with E-state index in [9.17, 15) is 15.0 Å². The molecule has 4 heteroatoms. The van der Waals surface area contributed by atoms with Crippen molar-refractivity contribution in [2.75, 3.05) is 0 Å². The molecule has 0 amide bonds. The molecule has 0 unspecified atom stereocenters. The summed E-state index contributed by atoms with van der Waals surface area (Å²) in [5.41, 5.74) is 0.182. The molecule has 4 aliphatic carbocycles. The third-order valence-electron chi connectivity index (χ3n) is 10.9. The topological polar surface area (TPSA) is 66.8 Å². The molecule has 0 spiro atoms. The lowest BCUT2D eigenvalue weighted by atomic mass is 9.45. The van der Waals surface area contributed by atoms with Crippen molar-refractivity contribution in [3.63, 3.8) is 0 Å². The van der Waals surface area contributed by atoms with E-state index in [0.717, 1.165) is 19.3 Å². The molecule has 0 radical (unpaired) electrons. The average Bonchev–Trinajstić information content (AvgIpc) is 3.08. The van der Waals surface area contributed by atoms with E-state index in [1.165, 1.54) is 25.3 Å². The van der Waals surface area contributed by atoms with Gasteiger partial charge in [-0.15, -0.1) is 0 Å². The summed E-state index contributed by atoms with van der Waals surface area (Å²) >= 11 is 0. The van der Waals surface area contributed by atoms with E-state index < -0.39 is 11.7 Å². The maximum Gasteiger partial charge on any atom is 0.302 e. The Labute approximate surface area is 207 Å². The number of rotatable bonds is 5.